The molecule has 160 valence electrons. The molecule has 9 nitrogen and oxygen atoms in total. The van der Waals surface area contributed by atoms with E-state index in [-0.39, 0.29) is 5.69 Å². The first-order chi connectivity index (χ1) is 15.6. The highest BCUT2D eigenvalue weighted by Gasteiger charge is 2.28. The predicted octanol–water partition coefficient (Wildman–Crippen LogP) is 4.44. The van der Waals surface area contributed by atoms with Crippen LogP contribution in [0.15, 0.2) is 58.0 Å². The maximum atomic E-state index is 11.5. The fourth-order valence-electron chi connectivity index (χ4n) is 3.99. The summed E-state index contributed by atoms with van der Waals surface area (Å²) in [5, 5.41) is 15.5. The highest BCUT2D eigenvalue weighted by Crippen LogP contribution is 2.33. The Bertz CT molecular complexity index is 1350. The van der Waals surface area contributed by atoms with Crippen molar-refractivity contribution < 1.29 is 9.45 Å². The number of aromatic nitrogens is 4. The summed E-state index contributed by atoms with van der Waals surface area (Å²) in [6, 6.07) is 14.5. The Morgan fingerprint density at radius 3 is 2.72 bits per heavy atom. The number of benzene rings is 2. The number of nitro groups is 1. The first-order valence-electron chi connectivity index (χ1n) is 10.4. The minimum Gasteiger partial charge on any atom is -0.332 e. The fraction of sp³-hybridized carbons (Fsp3) is 0.217. The van der Waals surface area contributed by atoms with E-state index in [1.807, 2.05) is 41.8 Å². The maximum absolute atomic E-state index is 11.5. The van der Waals surface area contributed by atoms with E-state index in [1.165, 1.54) is 6.07 Å². The maximum Gasteiger partial charge on any atom is 0.278 e. The number of nitrogens with zero attached hydrogens (tertiary/aromatic N) is 6. The number of hydrogen-bond acceptors (Lipinski definition) is 7. The molecule has 0 unspecified atom stereocenters. The van der Waals surface area contributed by atoms with Crippen molar-refractivity contribution in [2.24, 2.45) is 4.99 Å². The van der Waals surface area contributed by atoms with Gasteiger partial charge in [0.25, 0.3) is 11.6 Å². The van der Waals surface area contributed by atoms with Gasteiger partial charge in [0.05, 0.1) is 28.6 Å². The number of aryl methyl sites for hydroxylation is 2. The summed E-state index contributed by atoms with van der Waals surface area (Å²) in [6.45, 7) is 4.25. The summed E-state index contributed by atoms with van der Waals surface area (Å²) >= 11 is 0. The highest BCUT2D eigenvalue weighted by atomic mass is 16.6. The topological polar surface area (TPSA) is 112 Å². The fourth-order valence-corrected chi connectivity index (χ4v) is 3.99. The molecule has 2 aromatic heterocycles. The number of nitro benzene ring substituents is 1. The van der Waals surface area contributed by atoms with Crippen LogP contribution in [0.5, 0.6) is 0 Å². The van der Waals surface area contributed by atoms with Gasteiger partial charge < -0.3 is 4.52 Å². The molecule has 0 bridgehead atoms. The number of fused-ring (bicyclic) bond motifs is 3. The van der Waals surface area contributed by atoms with Crippen molar-refractivity contribution in [3.63, 3.8) is 0 Å². The van der Waals surface area contributed by atoms with Gasteiger partial charge in [-0.1, -0.05) is 42.4 Å². The van der Waals surface area contributed by atoms with Gasteiger partial charge in [-0.2, -0.15) is 4.98 Å². The molecule has 3 heterocycles. The lowest BCUT2D eigenvalue weighted by molar-refractivity contribution is -0.384. The SMILES string of the molecule is CCCc1noc(-c2nc(C)n3c2CN=C(c2ccccc2)c2cc([N+](=O)[O-])ccc2-3)n1. The van der Waals surface area contributed by atoms with Gasteiger partial charge in [-0.05, 0) is 19.4 Å². The molecule has 0 radical (unpaired) electrons. The molecule has 1 aliphatic rings. The van der Waals surface area contributed by atoms with Gasteiger partial charge in [0.2, 0.25) is 0 Å². The van der Waals surface area contributed by atoms with Crippen molar-refractivity contribution in [3.05, 3.63) is 87.1 Å². The Kier molecular flexibility index (Phi) is 4.85. The number of rotatable bonds is 5. The third-order valence-electron chi connectivity index (χ3n) is 5.41. The van der Waals surface area contributed by atoms with Crippen LogP contribution in [0.4, 0.5) is 5.69 Å². The molecule has 0 fully saturated rings. The molecule has 0 saturated carbocycles. The van der Waals surface area contributed by atoms with Gasteiger partial charge >= 0.3 is 0 Å². The lowest BCUT2D eigenvalue weighted by Crippen LogP contribution is -2.09. The zero-order valence-corrected chi connectivity index (χ0v) is 17.6. The molecule has 0 amide bonds. The second kappa shape index (κ2) is 7.84. The molecule has 5 rings (SSSR count). The summed E-state index contributed by atoms with van der Waals surface area (Å²) in [5.41, 5.74) is 4.42. The van der Waals surface area contributed by atoms with Crippen molar-refractivity contribution in [1.82, 2.24) is 19.7 Å². The standard InChI is InChI=1S/C23H20N6O3/c1-3-7-20-26-23(32-27-20)22-19-13-24-21(15-8-5-4-6-9-15)17-12-16(29(30)31)10-11-18(17)28(19)14(2)25-22/h4-6,8-12H,3,7,13H2,1-2H3. The monoisotopic (exact) mass is 428 g/mol. The van der Waals surface area contributed by atoms with Crippen molar-refractivity contribution in [3.8, 4) is 17.3 Å². The third-order valence-corrected chi connectivity index (χ3v) is 5.41. The van der Waals surface area contributed by atoms with Gasteiger partial charge in [0.1, 0.15) is 5.82 Å². The van der Waals surface area contributed by atoms with E-state index >= 15 is 0 Å². The lowest BCUT2D eigenvalue weighted by atomic mass is 10.00. The molecular weight excluding hydrogens is 408 g/mol. The smallest absolute Gasteiger partial charge is 0.278 e. The van der Waals surface area contributed by atoms with Gasteiger partial charge in [-0.15, -0.1) is 0 Å². The van der Waals surface area contributed by atoms with Crippen molar-refractivity contribution in [2.45, 2.75) is 33.2 Å². The zero-order chi connectivity index (χ0) is 22.2. The largest absolute Gasteiger partial charge is 0.332 e. The van der Waals surface area contributed by atoms with Gasteiger partial charge in [0.15, 0.2) is 11.5 Å². The average molecular weight is 428 g/mol. The average Bonchev–Trinajstić information content (AvgIpc) is 3.34. The Morgan fingerprint density at radius 1 is 1.16 bits per heavy atom. The van der Waals surface area contributed by atoms with E-state index in [2.05, 4.69) is 17.1 Å². The molecule has 0 saturated heterocycles. The van der Waals surface area contributed by atoms with Gasteiger partial charge in [0, 0.05) is 29.7 Å². The summed E-state index contributed by atoms with van der Waals surface area (Å²) in [4.78, 5) is 25.2. The van der Waals surface area contributed by atoms with Crippen LogP contribution in [0, 0.1) is 17.0 Å². The first-order valence-corrected chi connectivity index (χ1v) is 10.4. The number of hydrogen-bond donors (Lipinski definition) is 0. The molecule has 4 aromatic rings. The van der Waals surface area contributed by atoms with Crippen LogP contribution in [-0.4, -0.2) is 30.3 Å². The van der Waals surface area contributed by atoms with Crippen LogP contribution in [0.25, 0.3) is 17.3 Å². The van der Waals surface area contributed by atoms with E-state index in [1.54, 1.807) is 12.1 Å². The Labute approximate surface area is 183 Å². The summed E-state index contributed by atoms with van der Waals surface area (Å²) in [6.07, 6.45) is 1.64. The Hall–Kier alpha value is -4.14. The molecular formula is C23H20N6O3. The molecule has 9 heteroatoms. The minimum absolute atomic E-state index is 0.00920. The van der Waals surface area contributed by atoms with E-state index < -0.39 is 4.92 Å². The van der Waals surface area contributed by atoms with E-state index in [4.69, 9.17) is 14.5 Å². The van der Waals surface area contributed by atoms with Crippen LogP contribution in [0.1, 0.15) is 41.8 Å². The summed E-state index contributed by atoms with van der Waals surface area (Å²) in [5.74, 6) is 1.71. The Morgan fingerprint density at radius 2 is 1.97 bits per heavy atom. The highest BCUT2D eigenvalue weighted by molar-refractivity contribution is 6.15. The normalized spacial score (nSPS) is 12.6. The van der Waals surface area contributed by atoms with Crippen LogP contribution in [0.3, 0.4) is 0 Å². The molecule has 32 heavy (non-hydrogen) atoms. The van der Waals surface area contributed by atoms with Crippen molar-refractivity contribution >= 4 is 11.4 Å². The molecule has 0 aliphatic carbocycles. The lowest BCUT2D eigenvalue weighted by Gasteiger charge is -2.13. The van der Waals surface area contributed by atoms with Crippen LogP contribution in [0.2, 0.25) is 0 Å². The van der Waals surface area contributed by atoms with E-state index in [9.17, 15) is 10.1 Å². The molecule has 1 aliphatic heterocycles. The van der Waals surface area contributed by atoms with Crippen molar-refractivity contribution in [1.29, 1.82) is 0 Å². The number of non-ortho nitro benzene ring substituents is 1. The van der Waals surface area contributed by atoms with E-state index in [0.29, 0.717) is 41.1 Å². The van der Waals surface area contributed by atoms with Crippen LogP contribution >= 0.6 is 0 Å². The van der Waals surface area contributed by atoms with Gasteiger partial charge in [-0.25, -0.2) is 4.98 Å². The second-order valence-corrected chi connectivity index (χ2v) is 7.54. The molecule has 0 spiro atoms. The Balaban J connectivity index is 1.73. The first kappa shape index (κ1) is 19.8. The quantitative estimate of drug-likeness (QED) is 0.343. The summed E-state index contributed by atoms with van der Waals surface area (Å²) in [7, 11) is 0. The second-order valence-electron chi connectivity index (χ2n) is 7.54. The zero-order valence-electron chi connectivity index (χ0n) is 17.6. The number of aliphatic imine (C=N–C) groups is 1. The molecule has 0 N–H and O–H groups in total. The van der Waals surface area contributed by atoms with Crippen LogP contribution in [-0.2, 0) is 13.0 Å². The van der Waals surface area contributed by atoms with Gasteiger partial charge in [-0.3, -0.25) is 19.7 Å². The van der Waals surface area contributed by atoms with Crippen molar-refractivity contribution in [2.75, 3.05) is 0 Å². The van der Waals surface area contributed by atoms with E-state index in [0.717, 1.165) is 29.8 Å². The minimum atomic E-state index is -0.394. The molecule has 0 atom stereocenters. The third kappa shape index (κ3) is 3.27. The summed E-state index contributed by atoms with van der Waals surface area (Å²) < 4.78 is 7.47. The van der Waals surface area contributed by atoms with Crippen LogP contribution < -0.4 is 0 Å². The predicted molar refractivity (Wildman–Crippen MR) is 118 cm³/mol. The molecule has 2 aromatic carbocycles. The number of imidazole rings is 1.